The Labute approximate surface area is 133 Å². The lowest BCUT2D eigenvalue weighted by atomic mass is 10.2. The third-order valence-corrected chi connectivity index (χ3v) is 3.95. The molecular weight excluding hydrogens is 330 g/mol. The number of nitrogens with zero attached hydrogens (tertiary/aromatic N) is 1. The number of halogens is 1. The summed E-state index contributed by atoms with van der Waals surface area (Å²) in [5, 5.41) is 6.13. The predicted molar refractivity (Wildman–Crippen MR) is 88.1 cm³/mol. The minimum absolute atomic E-state index is 0.0329. The lowest BCUT2D eigenvalue weighted by Gasteiger charge is -2.09. The number of nitrogens with one attached hydrogen (secondary N) is 2. The smallest absolute Gasteiger partial charge is 0.222 e. The van der Waals surface area contributed by atoms with Gasteiger partial charge in [-0.25, -0.2) is 0 Å². The molecule has 110 valence electrons. The molecule has 0 atom stereocenters. The highest BCUT2D eigenvalue weighted by molar-refractivity contribution is 9.10. The molecule has 0 saturated carbocycles. The van der Waals surface area contributed by atoms with Crippen molar-refractivity contribution in [3.05, 3.63) is 58.3 Å². The minimum Gasteiger partial charge on any atom is -0.384 e. The van der Waals surface area contributed by atoms with Gasteiger partial charge in [-0.3, -0.25) is 9.78 Å². The Morgan fingerprint density at radius 3 is 2.71 bits per heavy atom. The number of aromatic nitrogens is 1. The quantitative estimate of drug-likeness (QED) is 0.843. The van der Waals surface area contributed by atoms with E-state index >= 15 is 0 Å². The van der Waals surface area contributed by atoms with E-state index in [0.29, 0.717) is 19.5 Å². The van der Waals surface area contributed by atoms with E-state index in [1.165, 1.54) is 5.56 Å². The number of hydrogen-bond donors (Lipinski definition) is 2. The van der Waals surface area contributed by atoms with Gasteiger partial charge >= 0.3 is 0 Å². The monoisotopic (exact) mass is 347 g/mol. The van der Waals surface area contributed by atoms with Gasteiger partial charge in [0.15, 0.2) is 0 Å². The van der Waals surface area contributed by atoms with E-state index in [2.05, 4.69) is 31.5 Å². The zero-order chi connectivity index (χ0) is 15.1. The second-order valence-electron chi connectivity index (χ2n) is 4.77. The molecular formula is C16H18BrN3O. The minimum atomic E-state index is 0.0329. The fourth-order valence-corrected chi connectivity index (χ4v) is 2.19. The molecule has 1 heterocycles. The highest BCUT2D eigenvalue weighted by Gasteiger charge is 2.02. The van der Waals surface area contributed by atoms with Gasteiger partial charge in [0.2, 0.25) is 5.91 Å². The number of aryl methyl sites for hydroxylation is 1. The zero-order valence-electron chi connectivity index (χ0n) is 11.9. The summed E-state index contributed by atoms with van der Waals surface area (Å²) in [5.74, 6) is 0.0329. The maximum Gasteiger partial charge on any atom is 0.222 e. The molecule has 0 radical (unpaired) electrons. The largest absolute Gasteiger partial charge is 0.384 e. The van der Waals surface area contributed by atoms with Crippen LogP contribution < -0.4 is 10.6 Å². The first kappa shape index (κ1) is 15.5. The van der Waals surface area contributed by atoms with Crippen molar-refractivity contribution in [2.75, 3.05) is 11.9 Å². The highest BCUT2D eigenvalue weighted by Crippen LogP contribution is 2.20. The number of benzene rings is 1. The Balaban J connectivity index is 1.70. The van der Waals surface area contributed by atoms with Crippen molar-refractivity contribution >= 4 is 27.5 Å². The van der Waals surface area contributed by atoms with Gasteiger partial charge in [-0.1, -0.05) is 22.0 Å². The molecule has 1 aromatic heterocycles. The number of carbonyl (C=O) groups is 1. The zero-order valence-corrected chi connectivity index (χ0v) is 13.5. The number of rotatable bonds is 6. The van der Waals surface area contributed by atoms with Crippen LogP contribution in [0.5, 0.6) is 0 Å². The third kappa shape index (κ3) is 5.19. The molecule has 5 heteroatoms. The molecule has 0 fully saturated rings. The van der Waals surface area contributed by atoms with Gasteiger partial charge in [-0.15, -0.1) is 0 Å². The van der Waals surface area contributed by atoms with Gasteiger partial charge in [0.25, 0.3) is 0 Å². The molecule has 4 nitrogen and oxygen atoms in total. The molecule has 1 amide bonds. The summed E-state index contributed by atoms with van der Waals surface area (Å²) in [4.78, 5) is 15.7. The Morgan fingerprint density at radius 2 is 2.00 bits per heavy atom. The maximum atomic E-state index is 11.8. The second-order valence-corrected chi connectivity index (χ2v) is 5.63. The van der Waals surface area contributed by atoms with Crippen LogP contribution in [-0.4, -0.2) is 17.4 Å². The van der Waals surface area contributed by atoms with Crippen LogP contribution >= 0.6 is 15.9 Å². The lowest BCUT2D eigenvalue weighted by Crippen LogP contribution is -2.24. The molecule has 0 aliphatic carbocycles. The van der Waals surface area contributed by atoms with Gasteiger partial charge in [-0.05, 0) is 42.3 Å². The van der Waals surface area contributed by atoms with E-state index in [1.54, 1.807) is 12.4 Å². The van der Waals surface area contributed by atoms with Crippen LogP contribution in [0.15, 0.2) is 47.2 Å². The van der Waals surface area contributed by atoms with Crippen molar-refractivity contribution in [2.45, 2.75) is 19.9 Å². The average Bonchev–Trinajstić information content (AvgIpc) is 2.50. The highest BCUT2D eigenvalue weighted by atomic mass is 79.9. The lowest BCUT2D eigenvalue weighted by molar-refractivity contribution is -0.121. The van der Waals surface area contributed by atoms with Crippen molar-refractivity contribution in [3.8, 4) is 0 Å². The predicted octanol–water partition coefficient (Wildman–Crippen LogP) is 3.27. The second kappa shape index (κ2) is 7.78. The van der Waals surface area contributed by atoms with Gasteiger partial charge in [0, 0.05) is 42.1 Å². The molecule has 21 heavy (non-hydrogen) atoms. The molecule has 2 aromatic rings. The number of carbonyl (C=O) groups excluding carboxylic acids is 1. The first-order valence-electron chi connectivity index (χ1n) is 6.81. The molecule has 0 aliphatic heterocycles. The summed E-state index contributed by atoms with van der Waals surface area (Å²) < 4.78 is 1.06. The molecule has 2 rings (SSSR count). The Bertz CT molecular complexity index is 602. The van der Waals surface area contributed by atoms with E-state index < -0.39 is 0 Å². The first-order chi connectivity index (χ1) is 10.1. The number of anilines is 1. The van der Waals surface area contributed by atoms with Crippen LogP contribution in [0.2, 0.25) is 0 Å². The SMILES string of the molecule is Cc1ccc(NCCC(=O)NCc2ccncc2)cc1Br. The van der Waals surface area contributed by atoms with Crippen molar-refractivity contribution in [3.63, 3.8) is 0 Å². The molecule has 1 aromatic carbocycles. The summed E-state index contributed by atoms with van der Waals surface area (Å²) >= 11 is 3.49. The van der Waals surface area contributed by atoms with Gasteiger partial charge in [-0.2, -0.15) is 0 Å². The fourth-order valence-electron chi connectivity index (χ4n) is 1.81. The summed E-state index contributed by atoms with van der Waals surface area (Å²) in [6, 6.07) is 9.85. The van der Waals surface area contributed by atoms with Gasteiger partial charge in [0.1, 0.15) is 0 Å². The van der Waals surface area contributed by atoms with Crippen LogP contribution in [-0.2, 0) is 11.3 Å². The Kier molecular flexibility index (Phi) is 5.75. The molecule has 0 bridgehead atoms. The maximum absolute atomic E-state index is 11.8. The van der Waals surface area contributed by atoms with Crippen LogP contribution in [0.4, 0.5) is 5.69 Å². The molecule has 0 saturated heterocycles. The number of pyridine rings is 1. The molecule has 0 unspecified atom stereocenters. The number of hydrogen-bond acceptors (Lipinski definition) is 3. The molecule has 0 aliphatic rings. The number of amides is 1. The summed E-state index contributed by atoms with van der Waals surface area (Å²) in [6.07, 6.45) is 3.88. The molecule has 0 spiro atoms. The summed E-state index contributed by atoms with van der Waals surface area (Å²) in [6.45, 7) is 3.19. The molecule has 2 N–H and O–H groups in total. The van der Waals surface area contributed by atoms with Gasteiger partial charge in [0.05, 0.1) is 0 Å². The first-order valence-corrected chi connectivity index (χ1v) is 7.60. The van der Waals surface area contributed by atoms with E-state index in [4.69, 9.17) is 0 Å². The Morgan fingerprint density at radius 1 is 1.24 bits per heavy atom. The van der Waals surface area contributed by atoms with E-state index in [9.17, 15) is 4.79 Å². The van der Waals surface area contributed by atoms with Crippen LogP contribution in [0.1, 0.15) is 17.5 Å². The normalized spacial score (nSPS) is 10.2. The fraction of sp³-hybridized carbons (Fsp3) is 0.250. The standard InChI is InChI=1S/C16H18BrN3O/c1-12-2-3-14(10-15(12)17)19-9-6-16(21)20-11-13-4-7-18-8-5-13/h2-5,7-8,10,19H,6,9,11H2,1H3,(H,20,21). The third-order valence-electron chi connectivity index (χ3n) is 3.09. The average molecular weight is 348 g/mol. The van der Waals surface area contributed by atoms with E-state index in [1.807, 2.05) is 37.3 Å². The summed E-state index contributed by atoms with van der Waals surface area (Å²) in [5.41, 5.74) is 3.25. The van der Waals surface area contributed by atoms with Gasteiger partial charge < -0.3 is 10.6 Å². The topological polar surface area (TPSA) is 54.0 Å². The Hall–Kier alpha value is -1.88. The van der Waals surface area contributed by atoms with Crippen LogP contribution in [0.25, 0.3) is 0 Å². The van der Waals surface area contributed by atoms with Crippen molar-refractivity contribution < 1.29 is 4.79 Å². The van der Waals surface area contributed by atoms with Crippen molar-refractivity contribution in [1.29, 1.82) is 0 Å². The summed E-state index contributed by atoms with van der Waals surface area (Å²) in [7, 11) is 0. The van der Waals surface area contributed by atoms with Crippen molar-refractivity contribution in [2.24, 2.45) is 0 Å². The van der Waals surface area contributed by atoms with E-state index in [-0.39, 0.29) is 5.91 Å². The van der Waals surface area contributed by atoms with E-state index in [0.717, 1.165) is 15.7 Å². The van der Waals surface area contributed by atoms with Crippen LogP contribution in [0, 0.1) is 6.92 Å². The van der Waals surface area contributed by atoms with Crippen LogP contribution in [0.3, 0.4) is 0 Å². The van der Waals surface area contributed by atoms with Crippen molar-refractivity contribution in [1.82, 2.24) is 10.3 Å².